The van der Waals surface area contributed by atoms with Gasteiger partial charge in [0.1, 0.15) is 18.4 Å². The van der Waals surface area contributed by atoms with Gasteiger partial charge in [-0.3, -0.25) is 9.36 Å². The second-order valence-corrected chi connectivity index (χ2v) is 8.92. The topological polar surface area (TPSA) is 79.1 Å². The first-order valence-electron chi connectivity index (χ1n) is 10.5. The van der Waals surface area contributed by atoms with E-state index in [1.54, 1.807) is 38.3 Å². The molecule has 1 aromatic heterocycles. The van der Waals surface area contributed by atoms with Gasteiger partial charge in [0.15, 0.2) is 4.80 Å². The van der Waals surface area contributed by atoms with Gasteiger partial charge < -0.3 is 14.2 Å². The quantitative estimate of drug-likeness (QED) is 0.369. The van der Waals surface area contributed by atoms with Crippen LogP contribution in [0.5, 0.6) is 5.75 Å². The molecule has 34 heavy (non-hydrogen) atoms. The van der Waals surface area contributed by atoms with E-state index in [4.69, 9.17) is 25.8 Å². The van der Waals surface area contributed by atoms with Crippen molar-refractivity contribution in [3.63, 3.8) is 0 Å². The number of rotatable bonds is 7. The van der Waals surface area contributed by atoms with Gasteiger partial charge in [0, 0.05) is 12.1 Å². The standard InChI is InChI=1S/C25H23ClN2O5S/c1-15-21(24(30)33-13-12-31-2)22(18-6-4-5-7-19(18)26)28-23(29)20(34-25(28)27-15)14-16-8-10-17(32-3)11-9-16/h4-11,14,22H,12-13H2,1-3H3. The summed E-state index contributed by atoms with van der Waals surface area (Å²) in [4.78, 5) is 31.7. The maximum absolute atomic E-state index is 13.6. The molecule has 0 fully saturated rings. The van der Waals surface area contributed by atoms with E-state index in [0.29, 0.717) is 25.6 Å². The van der Waals surface area contributed by atoms with Crippen molar-refractivity contribution in [1.82, 2.24) is 4.57 Å². The highest BCUT2D eigenvalue weighted by Crippen LogP contribution is 2.34. The number of fused-ring (bicyclic) bond motifs is 1. The lowest BCUT2D eigenvalue weighted by atomic mass is 9.96. The molecule has 3 aromatic rings. The van der Waals surface area contributed by atoms with Crippen LogP contribution in [0.4, 0.5) is 0 Å². The monoisotopic (exact) mass is 498 g/mol. The molecule has 0 amide bonds. The molecule has 1 aliphatic rings. The molecule has 0 aliphatic carbocycles. The van der Waals surface area contributed by atoms with Crippen molar-refractivity contribution in [2.75, 3.05) is 27.4 Å². The minimum atomic E-state index is -0.766. The molecule has 9 heteroatoms. The van der Waals surface area contributed by atoms with E-state index < -0.39 is 12.0 Å². The van der Waals surface area contributed by atoms with Crippen LogP contribution in [0, 0.1) is 0 Å². The van der Waals surface area contributed by atoms with Crippen molar-refractivity contribution >= 4 is 35.0 Å². The first-order chi connectivity index (χ1) is 16.4. The molecule has 176 valence electrons. The minimum Gasteiger partial charge on any atom is -0.497 e. The van der Waals surface area contributed by atoms with Crippen LogP contribution in [0.3, 0.4) is 0 Å². The minimum absolute atomic E-state index is 0.0866. The normalized spacial score (nSPS) is 15.6. The SMILES string of the molecule is COCCOC(=O)C1=C(C)N=c2sc(=Cc3ccc(OC)cc3)c(=O)n2C1c1ccccc1Cl. The third-order valence-electron chi connectivity index (χ3n) is 5.38. The van der Waals surface area contributed by atoms with Gasteiger partial charge >= 0.3 is 5.97 Å². The van der Waals surface area contributed by atoms with E-state index in [9.17, 15) is 9.59 Å². The van der Waals surface area contributed by atoms with Crippen LogP contribution in [0.2, 0.25) is 5.02 Å². The van der Waals surface area contributed by atoms with Crippen LogP contribution < -0.4 is 19.6 Å². The molecule has 0 radical (unpaired) electrons. The summed E-state index contributed by atoms with van der Waals surface area (Å²) in [6, 6.07) is 13.8. The molecule has 2 aromatic carbocycles. The summed E-state index contributed by atoms with van der Waals surface area (Å²) >= 11 is 7.79. The third-order valence-corrected chi connectivity index (χ3v) is 6.70. The zero-order valence-electron chi connectivity index (χ0n) is 18.9. The number of thiazole rings is 1. The number of carbonyl (C=O) groups excluding carboxylic acids is 1. The van der Waals surface area contributed by atoms with Crippen molar-refractivity contribution in [3.8, 4) is 5.75 Å². The van der Waals surface area contributed by atoms with E-state index in [1.165, 1.54) is 23.0 Å². The van der Waals surface area contributed by atoms with Crippen LogP contribution in [-0.2, 0) is 14.3 Å². The maximum atomic E-state index is 13.6. The number of ether oxygens (including phenoxy) is 3. The number of hydrogen-bond acceptors (Lipinski definition) is 7. The van der Waals surface area contributed by atoms with Crippen molar-refractivity contribution in [2.24, 2.45) is 4.99 Å². The molecule has 1 atom stereocenters. The van der Waals surface area contributed by atoms with Crippen LogP contribution >= 0.6 is 22.9 Å². The maximum Gasteiger partial charge on any atom is 0.338 e. The summed E-state index contributed by atoms with van der Waals surface area (Å²) in [5.74, 6) is 0.164. The first-order valence-corrected chi connectivity index (χ1v) is 11.7. The second-order valence-electron chi connectivity index (χ2n) is 7.51. The zero-order chi connectivity index (χ0) is 24.2. The lowest BCUT2D eigenvalue weighted by Crippen LogP contribution is -2.40. The van der Waals surface area contributed by atoms with Gasteiger partial charge in [-0.15, -0.1) is 0 Å². The molecule has 7 nitrogen and oxygen atoms in total. The summed E-state index contributed by atoms with van der Waals surface area (Å²) in [6.07, 6.45) is 1.79. The summed E-state index contributed by atoms with van der Waals surface area (Å²) in [5.41, 5.74) is 1.95. The number of carbonyl (C=O) groups is 1. The van der Waals surface area contributed by atoms with Crippen LogP contribution in [0.1, 0.15) is 24.1 Å². The molecule has 0 spiro atoms. The fourth-order valence-electron chi connectivity index (χ4n) is 3.72. The van der Waals surface area contributed by atoms with E-state index in [2.05, 4.69) is 4.99 Å². The van der Waals surface area contributed by atoms with Crippen molar-refractivity contribution in [3.05, 3.63) is 95.6 Å². The molecule has 0 saturated heterocycles. The summed E-state index contributed by atoms with van der Waals surface area (Å²) in [6.45, 7) is 2.08. The Balaban J connectivity index is 1.88. The third kappa shape index (κ3) is 4.70. The Morgan fingerprint density at radius 3 is 2.56 bits per heavy atom. The van der Waals surface area contributed by atoms with Crippen LogP contribution in [0.15, 0.2) is 69.6 Å². The summed E-state index contributed by atoms with van der Waals surface area (Å²) in [7, 11) is 3.13. The van der Waals surface area contributed by atoms with Crippen molar-refractivity contribution < 1.29 is 19.0 Å². The number of halogens is 1. The molecule has 0 saturated carbocycles. The van der Waals surface area contributed by atoms with E-state index in [1.807, 2.05) is 30.3 Å². The lowest BCUT2D eigenvalue weighted by molar-refractivity contribution is -0.140. The Morgan fingerprint density at radius 2 is 1.88 bits per heavy atom. The van der Waals surface area contributed by atoms with Crippen LogP contribution in [0.25, 0.3) is 6.08 Å². The van der Waals surface area contributed by atoms with Gasteiger partial charge in [0.05, 0.1) is 29.5 Å². The fourth-order valence-corrected chi connectivity index (χ4v) is 5.01. The highest BCUT2D eigenvalue weighted by atomic mass is 35.5. The van der Waals surface area contributed by atoms with Gasteiger partial charge in [0.2, 0.25) is 0 Å². The predicted molar refractivity (Wildman–Crippen MR) is 131 cm³/mol. The highest BCUT2D eigenvalue weighted by Gasteiger charge is 2.34. The highest BCUT2D eigenvalue weighted by molar-refractivity contribution is 7.07. The largest absolute Gasteiger partial charge is 0.497 e. The molecule has 0 bridgehead atoms. The fraction of sp³-hybridized carbons (Fsp3) is 0.240. The summed E-state index contributed by atoms with van der Waals surface area (Å²) < 4.78 is 17.6. The molecular weight excluding hydrogens is 476 g/mol. The van der Waals surface area contributed by atoms with Crippen molar-refractivity contribution in [2.45, 2.75) is 13.0 Å². The Bertz CT molecular complexity index is 1420. The van der Waals surface area contributed by atoms with E-state index in [0.717, 1.165) is 11.3 Å². The number of benzene rings is 2. The number of aromatic nitrogens is 1. The molecule has 2 heterocycles. The average Bonchev–Trinajstić information content (AvgIpc) is 3.13. The Morgan fingerprint density at radius 1 is 1.15 bits per heavy atom. The van der Waals surface area contributed by atoms with E-state index >= 15 is 0 Å². The first kappa shape index (κ1) is 23.9. The Labute approximate surface area is 205 Å². The number of nitrogens with zero attached hydrogens (tertiary/aromatic N) is 2. The molecule has 0 N–H and O–H groups in total. The van der Waals surface area contributed by atoms with Gasteiger partial charge in [0.25, 0.3) is 5.56 Å². The van der Waals surface area contributed by atoms with E-state index in [-0.39, 0.29) is 24.3 Å². The van der Waals surface area contributed by atoms with Crippen LogP contribution in [-0.4, -0.2) is 38.0 Å². The van der Waals surface area contributed by atoms with Gasteiger partial charge in [-0.1, -0.05) is 53.3 Å². The molecule has 1 aliphatic heterocycles. The lowest BCUT2D eigenvalue weighted by Gasteiger charge is -2.25. The average molecular weight is 499 g/mol. The molecular formula is C25H23ClN2O5S. The van der Waals surface area contributed by atoms with Gasteiger partial charge in [-0.05, 0) is 42.3 Å². The Kier molecular flexibility index (Phi) is 7.31. The summed E-state index contributed by atoms with van der Waals surface area (Å²) in [5, 5.41) is 0.439. The van der Waals surface area contributed by atoms with Gasteiger partial charge in [-0.25, -0.2) is 9.79 Å². The number of hydrogen-bond donors (Lipinski definition) is 0. The molecule has 1 unspecified atom stereocenters. The number of esters is 1. The molecule has 4 rings (SSSR count). The Hall–Kier alpha value is -3.20. The smallest absolute Gasteiger partial charge is 0.338 e. The zero-order valence-corrected chi connectivity index (χ0v) is 20.5. The number of methoxy groups -OCH3 is 2. The number of allylic oxidation sites excluding steroid dienone is 1. The second kappa shape index (κ2) is 10.4. The van der Waals surface area contributed by atoms with Crippen molar-refractivity contribution in [1.29, 1.82) is 0 Å². The predicted octanol–water partition coefficient (Wildman–Crippen LogP) is 3.09. The van der Waals surface area contributed by atoms with Gasteiger partial charge in [-0.2, -0.15) is 0 Å².